The van der Waals surface area contributed by atoms with Gasteiger partial charge in [-0.25, -0.2) is 13.2 Å². The highest BCUT2D eigenvalue weighted by Gasteiger charge is 2.49. The molecular formula is C33H33ClF3N5O2. The molecule has 2 bridgehead atoms. The van der Waals surface area contributed by atoms with Crippen molar-refractivity contribution in [1.29, 1.82) is 0 Å². The first kappa shape index (κ1) is 28.2. The molecule has 4 aromatic rings. The second-order valence-corrected chi connectivity index (χ2v) is 13.7. The van der Waals surface area contributed by atoms with E-state index in [9.17, 15) is 9.50 Å². The van der Waals surface area contributed by atoms with E-state index in [1.807, 2.05) is 0 Å². The average Bonchev–Trinajstić information content (AvgIpc) is 3.59. The van der Waals surface area contributed by atoms with E-state index in [0.717, 1.165) is 32.2 Å². The number of aromatic hydroxyl groups is 1. The van der Waals surface area contributed by atoms with Gasteiger partial charge >= 0.3 is 6.01 Å². The third kappa shape index (κ3) is 4.48. The smallest absolute Gasteiger partial charge is 0.319 e. The summed E-state index contributed by atoms with van der Waals surface area (Å²) in [7, 11) is 0. The predicted molar refractivity (Wildman–Crippen MR) is 164 cm³/mol. The molecule has 0 radical (unpaired) electrons. The van der Waals surface area contributed by atoms with Crippen LogP contribution in [-0.4, -0.2) is 76.1 Å². The number of phenols is 1. The van der Waals surface area contributed by atoms with Crippen molar-refractivity contribution in [3.63, 3.8) is 0 Å². The number of hydrogen-bond acceptors (Lipinski definition) is 7. The van der Waals surface area contributed by atoms with Gasteiger partial charge in [0.05, 0.1) is 11.1 Å². The van der Waals surface area contributed by atoms with E-state index in [0.29, 0.717) is 47.7 Å². The highest BCUT2D eigenvalue weighted by Crippen LogP contribution is 2.44. The first-order chi connectivity index (χ1) is 21.1. The van der Waals surface area contributed by atoms with Crippen LogP contribution >= 0.6 is 11.6 Å². The van der Waals surface area contributed by atoms with Crippen LogP contribution in [0.25, 0.3) is 32.8 Å². The van der Waals surface area contributed by atoms with Crippen LogP contribution in [0.2, 0.25) is 5.02 Å². The van der Waals surface area contributed by atoms with E-state index < -0.39 is 23.3 Å². The van der Waals surface area contributed by atoms with E-state index in [1.54, 1.807) is 18.2 Å². The number of halogens is 4. The third-order valence-electron chi connectivity index (χ3n) is 10.1. The van der Waals surface area contributed by atoms with Crippen LogP contribution in [0.5, 0.6) is 11.8 Å². The summed E-state index contributed by atoms with van der Waals surface area (Å²) in [4.78, 5) is 13.5. The molecule has 0 aliphatic carbocycles. The lowest BCUT2D eigenvalue weighted by atomic mass is 9.95. The Morgan fingerprint density at radius 2 is 2.02 bits per heavy atom. The summed E-state index contributed by atoms with van der Waals surface area (Å²) in [6, 6.07) is 9.37. The van der Waals surface area contributed by atoms with E-state index in [1.165, 1.54) is 18.2 Å². The fourth-order valence-corrected chi connectivity index (χ4v) is 8.51. The van der Waals surface area contributed by atoms with Crippen molar-refractivity contribution in [2.75, 3.05) is 37.7 Å². The fraction of sp³-hybridized carbons (Fsp3) is 0.455. The van der Waals surface area contributed by atoms with E-state index in [2.05, 4.69) is 27.0 Å². The van der Waals surface area contributed by atoms with E-state index >= 15 is 8.78 Å². The van der Waals surface area contributed by atoms with Crippen molar-refractivity contribution in [2.45, 2.75) is 62.3 Å². The molecule has 0 saturated carbocycles. The summed E-state index contributed by atoms with van der Waals surface area (Å²) in [5, 5.41) is 15.7. The molecule has 4 atom stereocenters. The molecule has 8 rings (SSSR count). The molecule has 3 aromatic carbocycles. The van der Waals surface area contributed by atoms with Crippen LogP contribution in [-0.2, 0) is 0 Å². The molecule has 4 fully saturated rings. The monoisotopic (exact) mass is 623 g/mol. The van der Waals surface area contributed by atoms with Gasteiger partial charge in [0.25, 0.3) is 0 Å². The van der Waals surface area contributed by atoms with Gasteiger partial charge in [-0.05, 0) is 68.8 Å². The normalized spacial score (nSPS) is 28.3. The second kappa shape index (κ2) is 10.1. The molecule has 2 unspecified atom stereocenters. The maximum absolute atomic E-state index is 16.8. The van der Waals surface area contributed by atoms with Crippen LogP contribution in [0.1, 0.15) is 39.0 Å². The number of nitrogens with one attached hydrogen (secondary N) is 1. The first-order valence-electron chi connectivity index (χ1n) is 15.3. The summed E-state index contributed by atoms with van der Waals surface area (Å²) in [5.41, 5.74) is -0.900. The average molecular weight is 624 g/mol. The number of ether oxygens (including phenoxy) is 1. The van der Waals surface area contributed by atoms with E-state index in [-0.39, 0.29) is 52.0 Å². The molecular weight excluding hydrogens is 591 g/mol. The summed E-state index contributed by atoms with van der Waals surface area (Å²) in [6.45, 7) is 4.76. The Bertz CT molecular complexity index is 1830. The van der Waals surface area contributed by atoms with Crippen molar-refractivity contribution in [3.8, 4) is 22.9 Å². The SMILES string of the molecule is C[C@@]12CCC(CN(c3nc(OCC45CCCN4C[C@H](F)C5)nc4c(F)c(-c5cc(O)cc6cccc(Cl)c56)c(F)cc34)C1)N2. The zero-order valence-corrected chi connectivity index (χ0v) is 25.1. The maximum atomic E-state index is 16.8. The zero-order chi connectivity index (χ0) is 30.4. The van der Waals surface area contributed by atoms with E-state index in [4.69, 9.17) is 21.3 Å². The van der Waals surface area contributed by atoms with Gasteiger partial charge in [-0.1, -0.05) is 23.7 Å². The van der Waals surface area contributed by atoms with Crippen molar-refractivity contribution in [1.82, 2.24) is 20.2 Å². The maximum Gasteiger partial charge on any atom is 0.319 e. The molecule has 11 heteroatoms. The number of nitrogens with zero attached hydrogens (tertiary/aromatic N) is 4. The molecule has 0 spiro atoms. The number of anilines is 1. The van der Waals surface area contributed by atoms with Gasteiger partial charge in [-0.15, -0.1) is 0 Å². The van der Waals surface area contributed by atoms with Gasteiger partial charge in [0.2, 0.25) is 0 Å². The second-order valence-electron chi connectivity index (χ2n) is 13.3. The molecule has 230 valence electrons. The minimum absolute atomic E-state index is 0.0256. The van der Waals surface area contributed by atoms with Crippen LogP contribution in [0.4, 0.5) is 19.0 Å². The van der Waals surface area contributed by atoms with Crippen molar-refractivity contribution < 1.29 is 23.0 Å². The van der Waals surface area contributed by atoms with Crippen LogP contribution < -0.4 is 15.0 Å². The standard InChI is InChI=1S/C33H33ClF3N5O2/c1-32-8-6-20(40-32)15-41(16-32)30-23-12-25(36)27(22-11-21(43)10-18-4-2-5-24(34)26(18)22)28(37)29(23)38-31(39-30)44-17-33-7-3-9-42(33)14-19(35)13-33/h2,4-5,10-12,19-20,40,43H,3,6-9,13-17H2,1H3/t19-,20?,32-,33?/m1/s1. The van der Waals surface area contributed by atoms with Gasteiger partial charge in [-0.2, -0.15) is 9.97 Å². The van der Waals surface area contributed by atoms with Gasteiger partial charge < -0.3 is 20.1 Å². The Kier molecular flexibility index (Phi) is 6.45. The molecule has 5 heterocycles. The lowest BCUT2D eigenvalue weighted by molar-refractivity contribution is 0.107. The van der Waals surface area contributed by atoms with Crippen LogP contribution in [0, 0.1) is 11.6 Å². The number of phenolic OH excluding ortho intramolecular Hbond substituents is 1. The molecule has 4 saturated heterocycles. The number of alkyl halides is 1. The quantitative estimate of drug-likeness (QED) is 0.268. The third-order valence-corrected chi connectivity index (χ3v) is 10.4. The summed E-state index contributed by atoms with van der Waals surface area (Å²) in [5.74, 6) is -1.45. The number of rotatable bonds is 5. The molecule has 0 amide bonds. The number of fused-ring (bicyclic) bond motifs is 5. The summed E-state index contributed by atoms with van der Waals surface area (Å²) in [6.07, 6.45) is 3.21. The topological polar surface area (TPSA) is 73.8 Å². The molecule has 4 aliphatic heterocycles. The van der Waals surface area contributed by atoms with Gasteiger partial charge in [0, 0.05) is 59.0 Å². The predicted octanol–water partition coefficient (Wildman–Crippen LogP) is 6.37. The first-order valence-corrected chi connectivity index (χ1v) is 15.7. The van der Waals surface area contributed by atoms with Crippen molar-refractivity contribution in [3.05, 3.63) is 53.1 Å². The Balaban J connectivity index is 1.29. The van der Waals surface area contributed by atoms with Crippen LogP contribution in [0.15, 0.2) is 36.4 Å². The number of hydrogen-bond donors (Lipinski definition) is 2. The van der Waals surface area contributed by atoms with Gasteiger partial charge in [0.15, 0.2) is 5.82 Å². The highest BCUT2D eigenvalue weighted by atomic mass is 35.5. The minimum atomic E-state index is -0.920. The van der Waals surface area contributed by atoms with Crippen LogP contribution in [0.3, 0.4) is 0 Å². The van der Waals surface area contributed by atoms with Gasteiger partial charge in [0.1, 0.15) is 35.7 Å². The highest BCUT2D eigenvalue weighted by molar-refractivity contribution is 6.36. The molecule has 1 aromatic heterocycles. The summed E-state index contributed by atoms with van der Waals surface area (Å²) >= 11 is 6.53. The number of piperazine rings is 1. The van der Waals surface area contributed by atoms with Crippen molar-refractivity contribution in [2.24, 2.45) is 0 Å². The minimum Gasteiger partial charge on any atom is -0.508 e. The Labute approximate surface area is 258 Å². The number of benzene rings is 3. The number of aromatic nitrogens is 2. The zero-order valence-electron chi connectivity index (χ0n) is 24.3. The molecule has 44 heavy (non-hydrogen) atoms. The van der Waals surface area contributed by atoms with Gasteiger partial charge in [-0.3, -0.25) is 4.90 Å². The summed E-state index contributed by atoms with van der Waals surface area (Å²) < 4.78 is 53.6. The Hall–Kier alpha value is -3.34. The molecule has 7 nitrogen and oxygen atoms in total. The lowest BCUT2D eigenvalue weighted by Crippen LogP contribution is -2.58. The molecule has 4 aliphatic rings. The largest absolute Gasteiger partial charge is 0.508 e. The Morgan fingerprint density at radius 1 is 1.16 bits per heavy atom. The van der Waals surface area contributed by atoms with Crippen molar-refractivity contribution >= 4 is 39.1 Å². The fourth-order valence-electron chi connectivity index (χ4n) is 8.23. The lowest BCUT2D eigenvalue weighted by Gasteiger charge is -2.40. The Morgan fingerprint density at radius 3 is 2.86 bits per heavy atom. The molecule has 2 N–H and O–H groups in total.